The number of benzene rings is 1. The number of hydrogen-bond donors (Lipinski definition) is 1. The van der Waals surface area contributed by atoms with Gasteiger partial charge in [-0.05, 0) is 43.2 Å². The number of hydrogen-bond acceptors (Lipinski definition) is 5. The number of sulfone groups is 1. The number of methoxy groups -OCH3 is 1. The lowest BCUT2D eigenvalue weighted by atomic mass is 9.85. The van der Waals surface area contributed by atoms with Gasteiger partial charge >= 0.3 is 6.09 Å². The van der Waals surface area contributed by atoms with Crippen LogP contribution in [-0.4, -0.2) is 60.5 Å². The Labute approximate surface area is 181 Å². The number of aromatic nitrogens is 2. The summed E-state index contributed by atoms with van der Waals surface area (Å²) >= 11 is 0. The lowest BCUT2D eigenvalue weighted by molar-refractivity contribution is -0.0585. The fraction of sp³-hybridized carbons (Fsp3) is 0.364. The third kappa shape index (κ3) is 4.15. The van der Waals surface area contributed by atoms with Gasteiger partial charge < -0.3 is 19.3 Å². The summed E-state index contributed by atoms with van der Waals surface area (Å²) in [5, 5.41) is 10.0. The first kappa shape index (κ1) is 21.3. The molecule has 0 bridgehead atoms. The minimum absolute atomic E-state index is 0.305. The van der Waals surface area contributed by atoms with E-state index in [2.05, 4.69) is 4.98 Å². The van der Waals surface area contributed by atoms with Crippen LogP contribution in [0.15, 0.2) is 53.7 Å². The van der Waals surface area contributed by atoms with Crippen LogP contribution in [0, 0.1) is 0 Å². The highest BCUT2D eigenvalue weighted by Gasteiger charge is 2.37. The number of carboxylic acid groups (broad SMARTS) is 1. The van der Waals surface area contributed by atoms with E-state index >= 15 is 0 Å². The van der Waals surface area contributed by atoms with Crippen LogP contribution in [0.4, 0.5) is 4.79 Å². The summed E-state index contributed by atoms with van der Waals surface area (Å²) < 4.78 is 31.4. The van der Waals surface area contributed by atoms with E-state index in [1.807, 2.05) is 41.2 Å². The largest absolute Gasteiger partial charge is 0.465 e. The van der Waals surface area contributed by atoms with Crippen LogP contribution in [0.5, 0.6) is 0 Å². The van der Waals surface area contributed by atoms with Crippen LogP contribution in [0.25, 0.3) is 10.9 Å². The van der Waals surface area contributed by atoms with Crippen molar-refractivity contribution in [1.82, 2.24) is 14.5 Å². The lowest BCUT2D eigenvalue weighted by Crippen LogP contribution is -2.45. The summed E-state index contributed by atoms with van der Waals surface area (Å²) in [5.41, 5.74) is 2.22. The van der Waals surface area contributed by atoms with Crippen molar-refractivity contribution < 1.29 is 23.1 Å². The van der Waals surface area contributed by atoms with Gasteiger partial charge in [-0.3, -0.25) is 4.98 Å². The molecule has 0 spiro atoms. The Morgan fingerprint density at radius 1 is 1.19 bits per heavy atom. The molecule has 0 aliphatic carbocycles. The summed E-state index contributed by atoms with van der Waals surface area (Å²) in [6, 6.07) is 11.0. The normalized spacial score (nSPS) is 16.5. The molecule has 1 amide bonds. The van der Waals surface area contributed by atoms with Gasteiger partial charge in [0.2, 0.25) is 0 Å². The van der Waals surface area contributed by atoms with Gasteiger partial charge in [0.25, 0.3) is 0 Å². The number of piperidine rings is 1. The minimum atomic E-state index is -3.25. The van der Waals surface area contributed by atoms with Crippen LogP contribution in [0.3, 0.4) is 0 Å². The molecule has 1 aliphatic rings. The molecule has 2 aromatic heterocycles. The molecular formula is C22H25N3O5S. The summed E-state index contributed by atoms with van der Waals surface area (Å²) in [5.74, 6) is 0. The molecule has 0 radical (unpaired) electrons. The fourth-order valence-corrected chi connectivity index (χ4v) is 4.83. The molecular weight excluding hydrogens is 418 g/mol. The first-order chi connectivity index (χ1) is 14.7. The van der Waals surface area contributed by atoms with E-state index in [1.165, 1.54) is 11.2 Å². The van der Waals surface area contributed by atoms with Crippen LogP contribution in [-0.2, 0) is 26.7 Å². The molecule has 0 atom stereocenters. The van der Waals surface area contributed by atoms with E-state index in [1.54, 1.807) is 19.2 Å². The van der Waals surface area contributed by atoms with Gasteiger partial charge in [0.15, 0.2) is 9.84 Å². The molecule has 3 heterocycles. The number of pyridine rings is 1. The van der Waals surface area contributed by atoms with E-state index in [-0.39, 0.29) is 0 Å². The highest BCUT2D eigenvalue weighted by Crippen LogP contribution is 2.36. The molecule has 0 saturated carbocycles. The lowest BCUT2D eigenvalue weighted by Gasteiger charge is -2.40. The van der Waals surface area contributed by atoms with Crippen LogP contribution in [0.2, 0.25) is 0 Å². The second-order valence-electron chi connectivity index (χ2n) is 7.94. The number of nitrogens with zero attached hydrogens (tertiary/aromatic N) is 3. The Kier molecular flexibility index (Phi) is 5.49. The quantitative estimate of drug-likeness (QED) is 0.650. The third-order valence-corrected chi connectivity index (χ3v) is 7.20. The molecule has 8 nitrogen and oxygen atoms in total. The zero-order chi connectivity index (χ0) is 22.2. The minimum Gasteiger partial charge on any atom is -0.465 e. The standard InChI is InChI=1S/C22H25N3O5S/c1-30-22(8-11-24(12-9-22)21(26)27)17-3-4-18(23-14-17)15-25-10-7-16-13-19(31(2,28)29)5-6-20(16)25/h3-7,10,13-14H,8-9,11-12,15H2,1-2H3,(H,26,27). The zero-order valence-corrected chi connectivity index (χ0v) is 18.3. The van der Waals surface area contributed by atoms with Crippen molar-refractivity contribution in [2.24, 2.45) is 0 Å². The van der Waals surface area contributed by atoms with Gasteiger partial charge in [0, 0.05) is 55.3 Å². The van der Waals surface area contributed by atoms with Gasteiger partial charge in [-0.1, -0.05) is 6.07 Å². The topological polar surface area (TPSA) is 102 Å². The van der Waals surface area contributed by atoms with Crippen molar-refractivity contribution in [3.05, 3.63) is 60.0 Å². The highest BCUT2D eigenvalue weighted by atomic mass is 32.2. The maximum absolute atomic E-state index is 11.8. The predicted octanol–water partition coefficient (Wildman–Crippen LogP) is 3.10. The molecule has 1 fully saturated rings. The van der Waals surface area contributed by atoms with Crippen molar-refractivity contribution in [3.63, 3.8) is 0 Å². The molecule has 1 saturated heterocycles. The Hall–Kier alpha value is -2.91. The van der Waals surface area contributed by atoms with E-state index in [4.69, 9.17) is 4.74 Å². The van der Waals surface area contributed by atoms with Crippen LogP contribution in [0.1, 0.15) is 24.1 Å². The van der Waals surface area contributed by atoms with Crippen LogP contribution < -0.4 is 0 Å². The molecule has 31 heavy (non-hydrogen) atoms. The second kappa shape index (κ2) is 7.97. The van der Waals surface area contributed by atoms with Gasteiger partial charge in [-0.25, -0.2) is 13.2 Å². The van der Waals surface area contributed by atoms with E-state index in [0.29, 0.717) is 37.4 Å². The molecule has 1 aliphatic heterocycles. The van der Waals surface area contributed by atoms with E-state index in [9.17, 15) is 18.3 Å². The number of carbonyl (C=O) groups is 1. The highest BCUT2D eigenvalue weighted by molar-refractivity contribution is 7.90. The van der Waals surface area contributed by atoms with Crippen molar-refractivity contribution in [2.45, 2.75) is 29.9 Å². The summed E-state index contributed by atoms with van der Waals surface area (Å²) in [7, 11) is -1.59. The SMILES string of the molecule is COC1(c2ccc(Cn3ccc4cc(S(C)(=O)=O)ccc43)nc2)CCN(C(=O)O)CC1. The van der Waals surface area contributed by atoms with Crippen molar-refractivity contribution in [3.8, 4) is 0 Å². The Balaban J connectivity index is 1.53. The molecule has 0 unspecified atom stereocenters. The maximum atomic E-state index is 11.8. The average molecular weight is 444 g/mol. The first-order valence-electron chi connectivity index (χ1n) is 9.99. The molecule has 9 heteroatoms. The van der Waals surface area contributed by atoms with E-state index < -0.39 is 21.5 Å². The Bertz CT molecular complexity index is 1210. The van der Waals surface area contributed by atoms with Crippen molar-refractivity contribution in [1.29, 1.82) is 0 Å². The fourth-order valence-electron chi connectivity index (χ4n) is 4.18. The Morgan fingerprint density at radius 2 is 1.94 bits per heavy atom. The smallest absolute Gasteiger partial charge is 0.407 e. The second-order valence-corrected chi connectivity index (χ2v) is 9.96. The van der Waals surface area contributed by atoms with Gasteiger partial charge in [0.05, 0.1) is 22.7 Å². The van der Waals surface area contributed by atoms with E-state index in [0.717, 1.165) is 22.2 Å². The third-order valence-electron chi connectivity index (χ3n) is 6.09. The summed E-state index contributed by atoms with van der Waals surface area (Å²) in [6.07, 6.45) is 5.20. The molecule has 164 valence electrons. The van der Waals surface area contributed by atoms with Gasteiger partial charge in [-0.15, -0.1) is 0 Å². The van der Waals surface area contributed by atoms with Gasteiger partial charge in [0.1, 0.15) is 0 Å². The molecule has 3 aromatic rings. The first-order valence-corrected chi connectivity index (χ1v) is 11.9. The number of fused-ring (bicyclic) bond motifs is 1. The number of rotatable bonds is 5. The maximum Gasteiger partial charge on any atom is 0.407 e. The average Bonchev–Trinajstić information content (AvgIpc) is 3.15. The number of ether oxygens (including phenoxy) is 1. The summed E-state index contributed by atoms with van der Waals surface area (Å²) in [6.45, 7) is 1.40. The van der Waals surface area contributed by atoms with Crippen LogP contribution >= 0.6 is 0 Å². The number of likely N-dealkylation sites (tertiary alicyclic amines) is 1. The van der Waals surface area contributed by atoms with Gasteiger partial charge in [-0.2, -0.15) is 0 Å². The molecule has 4 rings (SSSR count). The predicted molar refractivity (Wildman–Crippen MR) is 116 cm³/mol. The Morgan fingerprint density at radius 3 is 2.52 bits per heavy atom. The van der Waals surface area contributed by atoms with Crippen molar-refractivity contribution >= 4 is 26.8 Å². The van der Waals surface area contributed by atoms with Crippen molar-refractivity contribution in [2.75, 3.05) is 26.5 Å². The monoisotopic (exact) mass is 443 g/mol. The molecule has 1 N–H and O–H groups in total. The number of amides is 1. The summed E-state index contributed by atoms with van der Waals surface area (Å²) in [4.78, 5) is 17.5. The zero-order valence-electron chi connectivity index (χ0n) is 17.5. The molecule has 1 aromatic carbocycles.